The van der Waals surface area contributed by atoms with Crippen LogP contribution >= 0.6 is 0 Å². The molecule has 2 fully saturated rings. The van der Waals surface area contributed by atoms with Crippen molar-refractivity contribution in [1.82, 2.24) is 14.8 Å². The van der Waals surface area contributed by atoms with Crippen molar-refractivity contribution in [3.05, 3.63) is 30.1 Å². The molecule has 1 atom stereocenters. The smallest absolute Gasteiger partial charge is 0.0702 e. The van der Waals surface area contributed by atoms with Gasteiger partial charge in [0, 0.05) is 58.3 Å². The molecule has 4 nitrogen and oxygen atoms in total. The van der Waals surface area contributed by atoms with Gasteiger partial charge in [0.1, 0.15) is 0 Å². The van der Waals surface area contributed by atoms with E-state index in [9.17, 15) is 0 Å². The van der Waals surface area contributed by atoms with Gasteiger partial charge >= 0.3 is 0 Å². The van der Waals surface area contributed by atoms with Crippen LogP contribution in [0.25, 0.3) is 0 Å². The number of piperazine rings is 1. The van der Waals surface area contributed by atoms with Crippen LogP contribution in [0.2, 0.25) is 0 Å². The Hall–Kier alpha value is -0.970. The molecule has 1 unspecified atom stereocenters. The highest BCUT2D eigenvalue weighted by atomic mass is 16.5. The van der Waals surface area contributed by atoms with E-state index in [1.165, 1.54) is 31.5 Å². The molecule has 2 saturated heterocycles. The second-order valence-electron chi connectivity index (χ2n) is 5.57. The van der Waals surface area contributed by atoms with Crippen molar-refractivity contribution in [1.29, 1.82) is 0 Å². The van der Waals surface area contributed by atoms with E-state index in [1.807, 2.05) is 12.4 Å². The Morgan fingerprint density at radius 1 is 1.11 bits per heavy atom. The highest BCUT2D eigenvalue weighted by Crippen LogP contribution is 2.15. The highest BCUT2D eigenvalue weighted by Gasteiger charge is 2.22. The van der Waals surface area contributed by atoms with Crippen LogP contribution in [0.4, 0.5) is 0 Å². The second kappa shape index (κ2) is 6.46. The molecule has 3 rings (SSSR count). The lowest BCUT2D eigenvalue weighted by Gasteiger charge is -2.35. The molecule has 0 spiro atoms. The van der Waals surface area contributed by atoms with Crippen molar-refractivity contribution >= 4 is 0 Å². The lowest BCUT2D eigenvalue weighted by molar-refractivity contribution is 0.0489. The molecule has 3 heterocycles. The summed E-state index contributed by atoms with van der Waals surface area (Å²) in [5.74, 6) is 0. The molecule has 104 valence electrons. The number of hydrogen-bond donors (Lipinski definition) is 0. The summed E-state index contributed by atoms with van der Waals surface area (Å²) in [6.07, 6.45) is 6.74. The van der Waals surface area contributed by atoms with E-state index in [1.54, 1.807) is 0 Å². The van der Waals surface area contributed by atoms with Crippen molar-refractivity contribution in [2.24, 2.45) is 0 Å². The maximum absolute atomic E-state index is 5.72. The zero-order valence-corrected chi connectivity index (χ0v) is 11.5. The SMILES string of the molecule is c1cc(CN2CCN(CC3CCCO3)CC2)ccn1. The lowest BCUT2D eigenvalue weighted by Crippen LogP contribution is -2.48. The highest BCUT2D eigenvalue weighted by molar-refractivity contribution is 5.09. The third-order valence-corrected chi connectivity index (χ3v) is 4.11. The van der Waals surface area contributed by atoms with Crippen LogP contribution in [0.3, 0.4) is 0 Å². The molecule has 2 aliphatic rings. The number of hydrogen-bond acceptors (Lipinski definition) is 4. The summed E-state index contributed by atoms with van der Waals surface area (Å²) >= 11 is 0. The summed E-state index contributed by atoms with van der Waals surface area (Å²) in [5.41, 5.74) is 1.36. The van der Waals surface area contributed by atoms with Gasteiger partial charge < -0.3 is 4.74 Å². The first kappa shape index (κ1) is 13.0. The molecule has 0 N–H and O–H groups in total. The minimum absolute atomic E-state index is 0.492. The van der Waals surface area contributed by atoms with Gasteiger partial charge in [0.2, 0.25) is 0 Å². The number of aromatic nitrogens is 1. The van der Waals surface area contributed by atoms with E-state index in [0.29, 0.717) is 6.10 Å². The Morgan fingerprint density at radius 2 is 1.84 bits per heavy atom. The van der Waals surface area contributed by atoms with E-state index in [0.717, 1.165) is 32.8 Å². The summed E-state index contributed by atoms with van der Waals surface area (Å²) in [5, 5.41) is 0. The number of ether oxygens (including phenoxy) is 1. The van der Waals surface area contributed by atoms with Crippen molar-refractivity contribution in [3.63, 3.8) is 0 Å². The lowest BCUT2D eigenvalue weighted by atomic mass is 10.2. The van der Waals surface area contributed by atoms with Crippen LogP contribution in [0.1, 0.15) is 18.4 Å². The summed E-state index contributed by atoms with van der Waals surface area (Å²) in [6.45, 7) is 7.81. The van der Waals surface area contributed by atoms with Crippen LogP contribution in [0.5, 0.6) is 0 Å². The Bertz CT molecular complexity index is 370. The van der Waals surface area contributed by atoms with E-state index in [2.05, 4.69) is 26.9 Å². The Kier molecular flexibility index (Phi) is 4.43. The first-order valence-corrected chi connectivity index (χ1v) is 7.35. The van der Waals surface area contributed by atoms with E-state index in [-0.39, 0.29) is 0 Å². The largest absolute Gasteiger partial charge is 0.377 e. The van der Waals surface area contributed by atoms with Gasteiger partial charge in [-0.2, -0.15) is 0 Å². The van der Waals surface area contributed by atoms with Gasteiger partial charge in [0.05, 0.1) is 6.10 Å². The van der Waals surface area contributed by atoms with Gasteiger partial charge in [-0.15, -0.1) is 0 Å². The Balaban J connectivity index is 1.41. The molecule has 0 aromatic carbocycles. The normalized spacial score (nSPS) is 25.8. The molecule has 0 saturated carbocycles. The molecule has 0 amide bonds. The number of nitrogens with zero attached hydrogens (tertiary/aromatic N) is 3. The fraction of sp³-hybridized carbons (Fsp3) is 0.667. The zero-order valence-electron chi connectivity index (χ0n) is 11.5. The quantitative estimate of drug-likeness (QED) is 0.818. The molecule has 1 aromatic rings. The summed E-state index contributed by atoms with van der Waals surface area (Å²) in [6, 6.07) is 4.22. The first-order valence-electron chi connectivity index (χ1n) is 7.35. The molecular weight excluding hydrogens is 238 g/mol. The minimum atomic E-state index is 0.492. The molecule has 19 heavy (non-hydrogen) atoms. The Labute approximate surface area is 115 Å². The molecule has 2 aliphatic heterocycles. The van der Waals surface area contributed by atoms with Gasteiger partial charge in [-0.05, 0) is 30.5 Å². The summed E-state index contributed by atoms with van der Waals surface area (Å²) < 4.78 is 5.72. The number of rotatable bonds is 4. The third-order valence-electron chi connectivity index (χ3n) is 4.11. The van der Waals surface area contributed by atoms with Crippen LogP contribution in [-0.4, -0.2) is 60.2 Å². The zero-order chi connectivity index (χ0) is 12.9. The van der Waals surface area contributed by atoms with Crippen molar-refractivity contribution in [2.45, 2.75) is 25.5 Å². The standard InChI is InChI=1S/C15H23N3O/c1-2-15(19-11-1)13-18-9-7-17(8-10-18)12-14-3-5-16-6-4-14/h3-6,15H,1-2,7-13H2. The number of pyridine rings is 1. The van der Waals surface area contributed by atoms with Gasteiger partial charge in [-0.1, -0.05) is 0 Å². The Morgan fingerprint density at radius 3 is 2.53 bits per heavy atom. The average Bonchev–Trinajstić information content (AvgIpc) is 2.95. The van der Waals surface area contributed by atoms with Gasteiger partial charge in [0.25, 0.3) is 0 Å². The van der Waals surface area contributed by atoms with Gasteiger partial charge in [0.15, 0.2) is 0 Å². The fourth-order valence-corrected chi connectivity index (χ4v) is 2.95. The monoisotopic (exact) mass is 261 g/mol. The molecule has 4 heteroatoms. The third kappa shape index (κ3) is 3.75. The van der Waals surface area contributed by atoms with Crippen molar-refractivity contribution in [3.8, 4) is 0 Å². The van der Waals surface area contributed by atoms with E-state index in [4.69, 9.17) is 4.74 Å². The molecule has 0 radical (unpaired) electrons. The van der Waals surface area contributed by atoms with E-state index < -0.39 is 0 Å². The van der Waals surface area contributed by atoms with Gasteiger partial charge in [-0.3, -0.25) is 14.8 Å². The maximum atomic E-state index is 5.72. The summed E-state index contributed by atoms with van der Waals surface area (Å²) in [7, 11) is 0. The second-order valence-corrected chi connectivity index (χ2v) is 5.57. The first-order chi connectivity index (χ1) is 9.40. The summed E-state index contributed by atoms with van der Waals surface area (Å²) in [4.78, 5) is 9.15. The van der Waals surface area contributed by atoms with Crippen LogP contribution in [0, 0.1) is 0 Å². The van der Waals surface area contributed by atoms with Crippen molar-refractivity contribution < 1.29 is 4.74 Å². The van der Waals surface area contributed by atoms with Gasteiger partial charge in [-0.25, -0.2) is 0 Å². The fourth-order valence-electron chi connectivity index (χ4n) is 2.95. The topological polar surface area (TPSA) is 28.6 Å². The molecular formula is C15H23N3O. The van der Waals surface area contributed by atoms with Crippen molar-refractivity contribution in [2.75, 3.05) is 39.3 Å². The molecule has 0 bridgehead atoms. The predicted octanol–water partition coefficient (Wildman–Crippen LogP) is 1.38. The molecule has 1 aromatic heterocycles. The predicted molar refractivity (Wildman–Crippen MR) is 74.9 cm³/mol. The van der Waals surface area contributed by atoms with Crippen LogP contribution in [-0.2, 0) is 11.3 Å². The van der Waals surface area contributed by atoms with E-state index >= 15 is 0 Å². The minimum Gasteiger partial charge on any atom is -0.377 e. The van der Waals surface area contributed by atoms with Crippen LogP contribution in [0.15, 0.2) is 24.5 Å². The average molecular weight is 261 g/mol. The van der Waals surface area contributed by atoms with Crippen LogP contribution < -0.4 is 0 Å². The molecule has 0 aliphatic carbocycles. The maximum Gasteiger partial charge on any atom is 0.0702 e.